The van der Waals surface area contributed by atoms with E-state index in [1.165, 1.54) is 15.5 Å². The minimum absolute atomic E-state index is 0.250. The molecule has 18 heavy (non-hydrogen) atoms. The van der Waals surface area contributed by atoms with Crippen LogP contribution in [-0.4, -0.2) is 31.9 Å². The van der Waals surface area contributed by atoms with Crippen LogP contribution in [0.4, 0.5) is 0 Å². The van der Waals surface area contributed by atoms with E-state index in [-0.39, 0.29) is 17.8 Å². The van der Waals surface area contributed by atoms with Crippen LogP contribution >= 0.6 is 0 Å². The van der Waals surface area contributed by atoms with Crippen molar-refractivity contribution in [3.8, 4) is 0 Å². The first-order valence-electron chi connectivity index (χ1n) is 5.76. The summed E-state index contributed by atoms with van der Waals surface area (Å²) in [6.07, 6.45) is 1.53. The van der Waals surface area contributed by atoms with Gasteiger partial charge in [-0.1, -0.05) is 0 Å². The molecule has 0 aliphatic rings. The van der Waals surface area contributed by atoms with Crippen LogP contribution in [0.15, 0.2) is 15.9 Å². The van der Waals surface area contributed by atoms with Crippen molar-refractivity contribution >= 4 is 11.2 Å². The molecule has 2 heterocycles. The second kappa shape index (κ2) is 4.77. The third kappa shape index (κ3) is 1.86. The molecule has 0 saturated heterocycles. The highest BCUT2D eigenvalue weighted by molar-refractivity contribution is 5.69. The Kier molecular flexibility index (Phi) is 3.33. The number of hydrogen-bond acceptors (Lipinski definition) is 4. The maximum Gasteiger partial charge on any atom is 0.332 e. The fourth-order valence-electron chi connectivity index (χ4n) is 1.89. The van der Waals surface area contributed by atoms with E-state index >= 15 is 0 Å². The summed E-state index contributed by atoms with van der Waals surface area (Å²) in [5.41, 5.74) is 0.132. The number of hydrogen-bond donors (Lipinski definition) is 0. The van der Waals surface area contributed by atoms with Crippen LogP contribution in [0.1, 0.15) is 6.92 Å². The largest absolute Gasteiger partial charge is 0.380 e. The van der Waals surface area contributed by atoms with E-state index in [1.54, 1.807) is 18.7 Å². The van der Waals surface area contributed by atoms with Gasteiger partial charge in [0.05, 0.1) is 19.5 Å². The van der Waals surface area contributed by atoms with Gasteiger partial charge in [-0.25, -0.2) is 9.78 Å². The molecular weight excluding hydrogens is 236 g/mol. The minimum Gasteiger partial charge on any atom is -0.380 e. The number of fused-ring (bicyclic) bond motifs is 1. The number of ether oxygens (including phenoxy) is 1. The first-order chi connectivity index (χ1) is 8.57. The van der Waals surface area contributed by atoms with Crippen LogP contribution in [0.3, 0.4) is 0 Å². The summed E-state index contributed by atoms with van der Waals surface area (Å²) in [5, 5.41) is 0. The minimum atomic E-state index is -0.370. The first kappa shape index (κ1) is 12.6. The summed E-state index contributed by atoms with van der Waals surface area (Å²) < 4.78 is 9.36. The molecule has 2 rings (SSSR count). The molecule has 0 radical (unpaired) electrons. The van der Waals surface area contributed by atoms with Gasteiger partial charge < -0.3 is 9.30 Å². The Morgan fingerprint density at radius 2 is 2.06 bits per heavy atom. The monoisotopic (exact) mass is 252 g/mol. The van der Waals surface area contributed by atoms with Crippen molar-refractivity contribution in [1.29, 1.82) is 0 Å². The summed E-state index contributed by atoms with van der Waals surface area (Å²) in [4.78, 5) is 28.3. The van der Waals surface area contributed by atoms with E-state index in [4.69, 9.17) is 4.74 Å². The zero-order chi connectivity index (χ0) is 13.3. The van der Waals surface area contributed by atoms with Crippen molar-refractivity contribution in [1.82, 2.24) is 18.7 Å². The van der Waals surface area contributed by atoms with Crippen molar-refractivity contribution in [2.75, 3.05) is 13.2 Å². The summed E-state index contributed by atoms with van der Waals surface area (Å²) in [7, 11) is 3.34. The van der Waals surface area contributed by atoms with Gasteiger partial charge in [0.1, 0.15) is 0 Å². The Bertz CT molecular complexity index is 680. The van der Waals surface area contributed by atoms with E-state index in [0.29, 0.717) is 24.4 Å². The Morgan fingerprint density at radius 1 is 1.33 bits per heavy atom. The molecular formula is C11H16N4O3. The van der Waals surface area contributed by atoms with Gasteiger partial charge in [-0.3, -0.25) is 13.9 Å². The lowest BCUT2D eigenvalue weighted by molar-refractivity contribution is 0.137. The molecule has 98 valence electrons. The van der Waals surface area contributed by atoms with Crippen molar-refractivity contribution in [2.24, 2.45) is 14.1 Å². The van der Waals surface area contributed by atoms with E-state index in [2.05, 4.69) is 4.98 Å². The number of rotatable bonds is 4. The summed E-state index contributed by atoms with van der Waals surface area (Å²) in [5.74, 6) is 0. The van der Waals surface area contributed by atoms with Gasteiger partial charge in [0, 0.05) is 20.7 Å². The molecule has 0 bridgehead atoms. The summed E-state index contributed by atoms with van der Waals surface area (Å²) in [6, 6.07) is 0. The highest BCUT2D eigenvalue weighted by Gasteiger charge is 2.14. The summed E-state index contributed by atoms with van der Waals surface area (Å²) in [6.45, 7) is 3.02. The molecule has 0 fully saturated rings. The van der Waals surface area contributed by atoms with Crippen LogP contribution in [0.2, 0.25) is 0 Å². The average Bonchev–Trinajstić information content (AvgIpc) is 2.73. The van der Waals surface area contributed by atoms with Gasteiger partial charge in [-0.2, -0.15) is 0 Å². The average molecular weight is 252 g/mol. The molecule has 0 saturated carbocycles. The van der Waals surface area contributed by atoms with Crippen molar-refractivity contribution < 1.29 is 4.74 Å². The SMILES string of the molecule is CCOCCn1c(=O)c2c(ncn2C)n(C)c1=O. The van der Waals surface area contributed by atoms with E-state index < -0.39 is 0 Å². The third-order valence-electron chi connectivity index (χ3n) is 2.86. The molecule has 0 aromatic carbocycles. The lowest BCUT2D eigenvalue weighted by atomic mass is 10.5. The van der Waals surface area contributed by atoms with Gasteiger partial charge in [0.2, 0.25) is 0 Å². The Labute approximate surface area is 103 Å². The van der Waals surface area contributed by atoms with E-state index in [0.717, 1.165) is 0 Å². The van der Waals surface area contributed by atoms with Gasteiger partial charge in [0.25, 0.3) is 5.56 Å². The quantitative estimate of drug-likeness (QED) is 0.686. The predicted molar refractivity (Wildman–Crippen MR) is 66.7 cm³/mol. The van der Waals surface area contributed by atoms with Gasteiger partial charge in [-0.15, -0.1) is 0 Å². The zero-order valence-electron chi connectivity index (χ0n) is 10.7. The van der Waals surface area contributed by atoms with Crippen molar-refractivity contribution in [3.63, 3.8) is 0 Å². The molecule has 0 N–H and O–H groups in total. The fraction of sp³-hybridized carbons (Fsp3) is 0.545. The van der Waals surface area contributed by atoms with Gasteiger partial charge in [0.15, 0.2) is 11.2 Å². The maximum absolute atomic E-state index is 12.2. The highest BCUT2D eigenvalue weighted by Crippen LogP contribution is 2.02. The second-order valence-corrected chi connectivity index (χ2v) is 4.02. The molecule has 7 heteroatoms. The second-order valence-electron chi connectivity index (χ2n) is 4.02. The normalized spacial score (nSPS) is 11.3. The van der Waals surface area contributed by atoms with Gasteiger partial charge >= 0.3 is 5.69 Å². The highest BCUT2D eigenvalue weighted by atomic mass is 16.5. The fourth-order valence-corrected chi connectivity index (χ4v) is 1.89. The molecule has 0 aliphatic carbocycles. The number of imidazole rings is 1. The molecule has 0 atom stereocenters. The molecule has 2 aromatic rings. The molecule has 2 aromatic heterocycles. The van der Waals surface area contributed by atoms with Crippen LogP contribution < -0.4 is 11.2 Å². The smallest absolute Gasteiger partial charge is 0.332 e. The van der Waals surface area contributed by atoms with Gasteiger partial charge in [-0.05, 0) is 6.92 Å². The Morgan fingerprint density at radius 3 is 2.72 bits per heavy atom. The van der Waals surface area contributed by atoms with Crippen molar-refractivity contribution in [2.45, 2.75) is 13.5 Å². The van der Waals surface area contributed by atoms with E-state index in [1.807, 2.05) is 6.92 Å². The van der Waals surface area contributed by atoms with Crippen molar-refractivity contribution in [3.05, 3.63) is 27.2 Å². The van der Waals surface area contributed by atoms with E-state index in [9.17, 15) is 9.59 Å². The zero-order valence-corrected chi connectivity index (χ0v) is 10.7. The molecule has 7 nitrogen and oxygen atoms in total. The number of aryl methyl sites for hydroxylation is 2. The Balaban J connectivity index is 2.62. The van der Waals surface area contributed by atoms with Crippen LogP contribution in [0.25, 0.3) is 11.2 Å². The van der Waals surface area contributed by atoms with Crippen LogP contribution in [0.5, 0.6) is 0 Å². The lowest BCUT2D eigenvalue weighted by Crippen LogP contribution is -2.40. The van der Waals surface area contributed by atoms with Crippen LogP contribution in [0, 0.1) is 0 Å². The molecule has 0 spiro atoms. The summed E-state index contributed by atoms with van der Waals surface area (Å²) >= 11 is 0. The number of aromatic nitrogens is 4. The molecule has 0 amide bonds. The molecule has 0 unspecified atom stereocenters. The third-order valence-corrected chi connectivity index (χ3v) is 2.86. The maximum atomic E-state index is 12.2. The predicted octanol–water partition coefficient (Wildman–Crippen LogP) is -0.530. The topological polar surface area (TPSA) is 71.1 Å². The standard InChI is InChI=1S/C11H16N4O3/c1-4-18-6-5-15-10(16)8-9(12-7-13(8)2)14(3)11(15)17/h7H,4-6H2,1-3H3. The van der Waals surface area contributed by atoms with Crippen LogP contribution in [-0.2, 0) is 25.4 Å². The lowest BCUT2D eigenvalue weighted by Gasteiger charge is -2.08. The first-order valence-corrected chi connectivity index (χ1v) is 5.76. The Hall–Kier alpha value is -1.89. The molecule has 0 aliphatic heterocycles. The number of nitrogens with zero attached hydrogens (tertiary/aromatic N) is 4.